The third-order valence-corrected chi connectivity index (χ3v) is 7.34. The molecule has 1 heterocycles. The molecule has 0 spiro atoms. The van der Waals surface area contributed by atoms with E-state index in [1.54, 1.807) is 0 Å². The van der Waals surface area contributed by atoms with E-state index in [1.807, 2.05) is 6.08 Å². The summed E-state index contributed by atoms with van der Waals surface area (Å²) in [5.74, 6) is -0.393. The van der Waals surface area contributed by atoms with Gasteiger partial charge in [-0.15, -0.1) is 11.3 Å². The second-order valence-corrected chi connectivity index (χ2v) is 9.70. The third-order valence-electron chi connectivity index (χ3n) is 6.13. The molecule has 0 fully saturated rings. The lowest BCUT2D eigenvalue weighted by Crippen LogP contribution is -2.40. The van der Waals surface area contributed by atoms with Crippen LogP contribution >= 0.6 is 11.3 Å². The van der Waals surface area contributed by atoms with E-state index in [0.717, 1.165) is 17.4 Å². The molecule has 4 N–H and O–H groups in total. The molecule has 0 saturated heterocycles. The summed E-state index contributed by atoms with van der Waals surface area (Å²) in [6.07, 6.45) is 16.2. The van der Waals surface area contributed by atoms with Crippen molar-refractivity contribution in [3.63, 3.8) is 0 Å². The summed E-state index contributed by atoms with van der Waals surface area (Å²) in [4.78, 5) is 13.0. The Balaban J connectivity index is 1.70. The highest BCUT2D eigenvalue weighted by atomic mass is 32.1. The van der Waals surface area contributed by atoms with E-state index < -0.39 is 17.6 Å². The lowest BCUT2D eigenvalue weighted by Gasteiger charge is -2.20. The minimum Gasteiger partial charge on any atom is -0.509 e. The third kappa shape index (κ3) is 5.88. The highest BCUT2D eigenvalue weighted by molar-refractivity contribution is 7.11. The molecule has 3 unspecified atom stereocenters. The molecule has 0 bridgehead atoms. The summed E-state index contributed by atoms with van der Waals surface area (Å²) >= 11 is 1.28. The molecule has 1 aromatic rings. The first-order chi connectivity index (χ1) is 14.9. The van der Waals surface area contributed by atoms with Crippen LogP contribution in [0.4, 0.5) is 0 Å². The number of aliphatic hydroxyl groups excluding tert-OH is 3. The molecule has 2 aliphatic rings. The smallest absolute Gasteiger partial charge is 0.229 e. The summed E-state index contributed by atoms with van der Waals surface area (Å²) in [6.45, 7) is 2.23. The van der Waals surface area contributed by atoms with E-state index in [-0.39, 0.29) is 11.5 Å². The number of rotatable bonds is 10. The molecule has 170 valence electrons. The summed E-state index contributed by atoms with van der Waals surface area (Å²) in [6, 6.07) is 0. The van der Waals surface area contributed by atoms with Crippen molar-refractivity contribution in [3.05, 3.63) is 42.8 Å². The molecule has 5 nitrogen and oxygen atoms in total. The van der Waals surface area contributed by atoms with Crippen molar-refractivity contribution >= 4 is 29.1 Å². The number of allylic oxidation sites excluding steroid dienone is 2. The Morgan fingerprint density at radius 3 is 2.35 bits per heavy atom. The van der Waals surface area contributed by atoms with E-state index >= 15 is 0 Å². The number of hydrogen-bond donors (Lipinski definition) is 4. The van der Waals surface area contributed by atoms with Gasteiger partial charge in [-0.2, -0.15) is 0 Å². The summed E-state index contributed by atoms with van der Waals surface area (Å²) in [7, 11) is 0. The predicted molar refractivity (Wildman–Crippen MR) is 126 cm³/mol. The van der Waals surface area contributed by atoms with Gasteiger partial charge in [0.25, 0.3) is 0 Å². The van der Waals surface area contributed by atoms with Crippen LogP contribution in [0, 0.1) is 5.92 Å². The Morgan fingerprint density at radius 2 is 1.68 bits per heavy atom. The van der Waals surface area contributed by atoms with Gasteiger partial charge in [0.1, 0.15) is 18.0 Å². The van der Waals surface area contributed by atoms with Crippen molar-refractivity contribution in [2.24, 2.45) is 5.92 Å². The van der Waals surface area contributed by atoms with Gasteiger partial charge < -0.3 is 20.4 Å². The second kappa shape index (κ2) is 11.1. The zero-order chi connectivity index (χ0) is 22.4. The van der Waals surface area contributed by atoms with Crippen molar-refractivity contribution in [2.45, 2.75) is 83.3 Å². The molecule has 0 aromatic carbocycles. The average Bonchev–Trinajstić information content (AvgIpc) is 2.76. The molecule has 3 rings (SSSR count). The van der Waals surface area contributed by atoms with Crippen LogP contribution in [0.15, 0.2) is 22.7 Å². The van der Waals surface area contributed by atoms with Crippen LogP contribution in [-0.4, -0.2) is 32.6 Å². The van der Waals surface area contributed by atoms with Gasteiger partial charge in [0, 0.05) is 9.75 Å². The van der Waals surface area contributed by atoms with Crippen LogP contribution < -0.4 is 15.2 Å². The number of hydrogen-bond acceptors (Lipinski definition) is 6. The number of aliphatic hydroxyl groups is 3. The minimum atomic E-state index is -1.39. The van der Waals surface area contributed by atoms with Crippen LogP contribution in [0.1, 0.15) is 76.0 Å². The Morgan fingerprint density at radius 1 is 1.00 bits per heavy atom. The SMILES string of the molecule is CCCCCCCCCCC1C=c2sc(C3=CC(O)C(O)C(O)=C3)c(O)c(=O)c2=CC1. The fourth-order valence-corrected chi connectivity index (χ4v) is 5.45. The summed E-state index contributed by atoms with van der Waals surface area (Å²) in [5.41, 5.74) is -0.0868. The lowest BCUT2D eigenvalue weighted by molar-refractivity contribution is 0.0439. The van der Waals surface area contributed by atoms with Crippen molar-refractivity contribution in [1.29, 1.82) is 0 Å². The lowest BCUT2D eigenvalue weighted by atomic mass is 9.93. The Kier molecular flexibility index (Phi) is 8.52. The van der Waals surface area contributed by atoms with Crippen molar-refractivity contribution in [1.82, 2.24) is 0 Å². The first-order valence-corrected chi connectivity index (χ1v) is 12.3. The fraction of sp³-hybridized carbons (Fsp3) is 0.560. The van der Waals surface area contributed by atoms with Crippen molar-refractivity contribution in [2.75, 3.05) is 0 Å². The van der Waals surface area contributed by atoms with Crippen molar-refractivity contribution < 1.29 is 20.4 Å². The maximum absolute atomic E-state index is 12.7. The van der Waals surface area contributed by atoms with Crippen molar-refractivity contribution in [3.8, 4) is 5.75 Å². The van der Waals surface area contributed by atoms with Gasteiger partial charge in [-0.3, -0.25) is 4.79 Å². The molecule has 0 aliphatic heterocycles. The van der Waals surface area contributed by atoms with E-state index in [4.69, 9.17) is 0 Å². The monoisotopic (exact) mass is 446 g/mol. The quantitative estimate of drug-likeness (QED) is 0.413. The first kappa shape index (κ1) is 23.8. The van der Waals surface area contributed by atoms with Crippen LogP contribution in [-0.2, 0) is 0 Å². The molecular weight excluding hydrogens is 412 g/mol. The van der Waals surface area contributed by atoms with Crippen LogP contribution in [0.5, 0.6) is 5.75 Å². The van der Waals surface area contributed by atoms with Gasteiger partial charge >= 0.3 is 0 Å². The number of unbranched alkanes of at least 4 members (excludes halogenated alkanes) is 7. The Bertz CT molecular complexity index is 1000. The summed E-state index contributed by atoms with van der Waals surface area (Å²) in [5, 5.41) is 40.5. The van der Waals surface area contributed by atoms with E-state index in [1.165, 1.54) is 74.9 Å². The van der Waals surface area contributed by atoms with Crippen LogP contribution in [0.2, 0.25) is 0 Å². The molecule has 6 heteroatoms. The largest absolute Gasteiger partial charge is 0.509 e. The Labute approximate surface area is 187 Å². The van der Waals surface area contributed by atoms with E-state index in [2.05, 4.69) is 13.0 Å². The highest BCUT2D eigenvalue weighted by Crippen LogP contribution is 2.30. The van der Waals surface area contributed by atoms with E-state index in [0.29, 0.717) is 21.6 Å². The number of fused-ring (bicyclic) bond motifs is 1. The second-order valence-electron chi connectivity index (χ2n) is 8.64. The first-order valence-electron chi connectivity index (χ1n) is 11.5. The summed E-state index contributed by atoms with van der Waals surface area (Å²) < 4.78 is 0.822. The maximum atomic E-state index is 12.7. The minimum absolute atomic E-state index is 0.304. The molecule has 31 heavy (non-hydrogen) atoms. The molecule has 0 saturated carbocycles. The predicted octanol–water partition coefficient (Wildman–Crippen LogP) is 3.49. The van der Waals surface area contributed by atoms with Crippen LogP contribution in [0.25, 0.3) is 17.7 Å². The van der Waals surface area contributed by atoms with E-state index in [9.17, 15) is 25.2 Å². The zero-order valence-corrected chi connectivity index (χ0v) is 19.0. The van der Waals surface area contributed by atoms with Gasteiger partial charge in [-0.1, -0.05) is 70.4 Å². The fourth-order valence-electron chi connectivity index (χ4n) is 4.25. The topological polar surface area (TPSA) is 98.0 Å². The van der Waals surface area contributed by atoms with Gasteiger partial charge in [0.05, 0.1) is 4.88 Å². The highest BCUT2D eigenvalue weighted by Gasteiger charge is 2.26. The standard InChI is InChI=1S/C25H34O5S/c1-2-3-4-5-6-7-8-9-10-16-11-12-18-21(13-16)31-25(24(30)22(18)28)17-14-19(26)23(29)20(27)15-17/h12-16,19,23,26-27,29-30H,2-11H2,1H3. The Hall–Kier alpha value is -1.89. The average molecular weight is 447 g/mol. The molecule has 0 radical (unpaired) electrons. The molecule has 2 aliphatic carbocycles. The van der Waals surface area contributed by atoms with Gasteiger partial charge in [0.2, 0.25) is 5.43 Å². The zero-order valence-electron chi connectivity index (χ0n) is 18.2. The normalized spacial score (nSPS) is 22.7. The van der Waals surface area contributed by atoms with Crippen LogP contribution in [0.3, 0.4) is 0 Å². The molecule has 1 aromatic heterocycles. The number of aromatic hydroxyl groups is 1. The molecule has 3 atom stereocenters. The van der Waals surface area contributed by atoms with Gasteiger partial charge in [0.15, 0.2) is 5.75 Å². The molecule has 0 amide bonds. The maximum Gasteiger partial charge on any atom is 0.229 e. The van der Waals surface area contributed by atoms with Gasteiger partial charge in [-0.05, 0) is 36.5 Å². The van der Waals surface area contributed by atoms with Gasteiger partial charge in [-0.25, -0.2) is 0 Å². The molecular formula is C25H34O5S.